The molecule has 3 unspecified atom stereocenters. The van der Waals surface area contributed by atoms with Gasteiger partial charge in [0.05, 0.1) is 6.54 Å². The summed E-state index contributed by atoms with van der Waals surface area (Å²) in [6.45, 7) is 7.69. The Labute approximate surface area is 128 Å². The van der Waals surface area contributed by atoms with Gasteiger partial charge in [0.2, 0.25) is 5.91 Å². The number of carbonyl (C=O) groups is 2. The van der Waals surface area contributed by atoms with Gasteiger partial charge in [-0.15, -0.1) is 0 Å². The Kier molecular flexibility index (Phi) is 5.80. The minimum atomic E-state index is 0.103. The summed E-state index contributed by atoms with van der Waals surface area (Å²) in [4.78, 5) is 26.6. The third-order valence-corrected chi connectivity index (χ3v) is 5.22. The van der Waals surface area contributed by atoms with E-state index in [1.165, 1.54) is 0 Å². The van der Waals surface area contributed by atoms with Crippen molar-refractivity contribution in [2.45, 2.75) is 71.4 Å². The third-order valence-electron chi connectivity index (χ3n) is 5.22. The number of nitrogens with zero attached hydrogens (tertiary/aromatic N) is 1. The van der Waals surface area contributed by atoms with Crippen molar-refractivity contribution in [1.82, 2.24) is 10.2 Å². The number of Topliss-reactive ketones (excluding diaryl/α,β-unsaturated/α-hetero) is 1. The zero-order chi connectivity index (χ0) is 15.4. The van der Waals surface area contributed by atoms with Crippen LogP contribution in [0.5, 0.6) is 0 Å². The lowest BCUT2D eigenvalue weighted by atomic mass is 9.82. The third kappa shape index (κ3) is 4.29. The maximum Gasteiger partial charge on any atom is 0.234 e. The van der Waals surface area contributed by atoms with Gasteiger partial charge in [-0.2, -0.15) is 0 Å². The Morgan fingerprint density at radius 3 is 2.67 bits per heavy atom. The Morgan fingerprint density at radius 1 is 1.24 bits per heavy atom. The first kappa shape index (κ1) is 16.5. The predicted molar refractivity (Wildman–Crippen MR) is 84.0 cm³/mol. The number of rotatable bonds is 5. The van der Waals surface area contributed by atoms with E-state index in [-0.39, 0.29) is 17.9 Å². The van der Waals surface area contributed by atoms with Gasteiger partial charge >= 0.3 is 0 Å². The van der Waals surface area contributed by atoms with Gasteiger partial charge in [0.15, 0.2) is 0 Å². The van der Waals surface area contributed by atoms with Crippen molar-refractivity contribution < 1.29 is 9.59 Å². The van der Waals surface area contributed by atoms with Gasteiger partial charge in [0, 0.05) is 24.4 Å². The van der Waals surface area contributed by atoms with Crippen LogP contribution in [-0.4, -0.2) is 41.8 Å². The summed E-state index contributed by atoms with van der Waals surface area (Å²) in [5.74, 6) is 1.15. The van der Waals surface area contributed by atoms with Gasteiger partial charge in [-0.3, -0.25) is 14.5 Å². The summed E-state index contributed by atoms with van der Waals surface area (Å²) in [6.07, 6.45) is 6.16. The number of likely N-dealkylation sites (tertiary alicyclic amines) is 1. The van der Waals surface area contributed by atoms with E-state index in [1.54, 1.807) is 0 Å². The monoisotopic (exact) mass is 294 g/mol. The Hall–Kier alpha value is -0.900. The molecule has 2 aliphatic rings. The molecule has 1 saturated carbocycles. The highest BCUT2D eigenvalue weighted by atomic mass is 16.2. The van der Waals surface area contributed by atoms with E-state index < -0.39 is 0 Å². The van der Waals surface area contributed by atoms with E-state index in [0.29, 0.717) is 24.3 Å². The van der Waals surface area contributed by atoms with Gasteiger partial charge in [-0.25, -0.2) is 0 Å². The Bertz CT molecular complexity index is 381. The normalized spacial score (nSPS) is 28.9. The molecule has 1 N–H and O–H groups in total. The summed E-state index contributed by atoms with van der Waals surface area (Å²) < 4.78 is 0. The van der Waals surface area contributed by atoms with Crippen LogP contribution in [0.25, 0.3) is 0 Å². The minimum Gasteiger partial charge on any atom is -0.352 e. The van der Waals surface area contributed by atoms with Gasteiger partial charge in [0.25, 0.3) is 0 Å². The van der Waals surface area contributed by atoms with E-state index in [9.17, 15) is 9.59 Å². The van der Waals surface area contributed by atoms with Crippen molar-refractivity contribution in [2.24, 2.45) is 11.8 Å². The highest BCUT2D eigenvalue weighted by molar-refractivity contribution is 5.82. The molecule has 1 saturated heterocycles. The van der Waals surface area contributed by atoms with Crippen molar-refractivity contribution in [3.05, 3.63) is 0 Å². The summed E-state index contributed by atoms with van der Waals surface area (Å²) in [7, 11) is 0. The number of carbonyl (C=O) groups excluding carboxylic acids is 2. The molecule has 21 heavy (non-hydrogen) atoms. The van der Waals surface area contributed by atoms with E-state index >= 15 is 0 Å². The number of hydrogen-bond donors (Lipinski definition) is 1. The molecule has 1 aliphatic carbocycles. The molecular weight excluding hydrogens is 264 g/mol. The molecule has 120 valence electrons. The van der Waals surface area contributed by atoms with Crippen LogP contribution in [0.15, 0.2) is 0 Å². The van der Waals surface area contributed by atoms with Gasteiger partial charge < -0.3 is 5.32 Å². The zero-order valence-electron chi connectivity index (χ0n) is 13.7. The topological polar surface area (TPSA) is 49.4 Å². The summed E-state index contributed by atoms with van der Waals surface area (Å²) >= 11 is 0. The van der Waals surface area contributed by atoms with Gasteiger partial charge in [0.1, 0.15) is 5.78 Å². The number of nitrogens with one attached hydrogen (secondary N) is 1. The fourth-order valence-corrected chi connectivity index (χ4v) is 3.57. The summed E-state index contributed by atoms with van der Waals surface area (Å²) in [5.41, 5.74) is 0. The fraction of sp³-hybridized carbons (Fsp3) is 0.882. The average molecular weight is 294 g/mol. The van der Waals surface area contributed by atoms with Gasteiger partial charge in [-0.05, 0) is 45.1 Å². The highest BCUT2D eigenvalue weighted by Gasteiger charge is 2.37. The fourth-order valence-electron chi connectivity index (χ4n) is 3.57. The predicted octanol–water partition coefficient (Wildman–Crippen LogP) is 2.37. The van der Waals surface area contributed by atoms with E-state index in [0.717, 1.165) is 45.1 Å². The average Bonchev–Trinajstić information content (AvgIpc) is 2.86. The molecule has 2 rings (SSSR count). The van der Waals surface area contributed by atoms with Crippen LogP contribution in [-0.2, 0) is 9.59 Å². The molecule has 0 radical (unpaired) electrons. The Balaban J connectivity index is 1.89. The van der Waals surface area contributed by atoms with Gasteiger partial charge in [-0.1, -0.05) is 20.3 Å². The van der Waals surface area contributed by atoms with Crippen LogP contribution >= 0.6 is 0 Å². The van der Waals surface area contributed by atoms with Crippen LogP contribution < -0.4 is 5.32 Å². The smallest absolute Gasteiger partial charge is 0.234 e. The standard InChI is InChI=1S/C17H30N2O2/c1-12(2)13(3)18-17(21)11-19-10-6-8-15(19)14-7-4-5-9-16(14)20/h12-15H,4-11H2,1-3H3,(H,18,21). The molecule has 0 aromatic carbocycles. The lowest BCUT2D eigenvalue weighted by molar-refractivity contribution is -0.129. The molecule has 4 heteroatoms. The number of amides is 1. The molecule has 2 fully saturated rings. The molecule has 0 spiro atoms. The molecule has 4 nitrogen and oxygen atoms in total. The van der Waals surface area contributed by atoms with Crippen LogP contribution in [0.4, 0.5) is 0 Å². The Morgan fingerprint density at radius 2 is 2.00 bits per heavy atom. The maximum atomic E-state index is 12.2. The van der Waals surface area contributed by atoms with Crippen molar-refractivity contribution >= 4 is 11.7 Å². The quantitative estimate of drug-likeness (QED) is 0.847. The maximum absolute atomic E-state index is 12.2. The van der Waals surface area contributed by atoms with Crippen LogP contribution in [0.2, 0.25) is 0 Å². The molecule has 1 heterocycles. The highest BCUT2D eigenvalue weighted by Crippen LogP contribution is 2.32. The molecule has 3 atom stereocenters. The second-order valence-electron chi connectivity index (χ2n) is 7.10. The first-order chi connectivity index (χ1) is 9.99. The second-order valence-corrected chi connectivity index (χ2v) is 7.10. The lowest BCUT2D eigenvalue weighted by Gasteiger charge is -2.33. The van der Waals surface area contributed by atoms with E-state index in [1.807, 2.05) is 0 Å². The molecule has 0 aromatic heterocycles. The minimum absolute atomic E-state index is 0.103. The van der Waals surface area contributed by atoms with Crippen molar-refractivity contribution in [1.29, 1.82) is 0 Å². The van der Waals surface area contributed by atoms with E-state index in [2.05, 4.69) is 31.0 Å². The molecule has 1 amide bonds. The van der Waals surface area contributed by atoms with Crippen LogP contribution in [0.3, 0.4) is 0 Å². The first-order valence-electron chi connectivity index (χ1n) is 8.55. The van der Waals surface area contributed by atoms with Crippen molar-refractivity contribution in [2.75, 3.05) is 13.1 Å². The SMILES string of the molecule is CC(C)C(C)NC(=O)CN1CCCC1C1CCCCC1=O. The number of hydrogen-bond acceptors (Lipinski definition) is 3. The van der Waals surface area contributed by atoms with Crippen molar-refractivity contribution in [3.8, 4) is 0 Å². The van der Waals surface area contributed by atoms with E-state index in [4.69, 9.17) is 0 Å². The molecule has 0 bridgehead atoms. The number of ketones is 1. The van der Waals surface area contributed by atoms with Crippen molar-refractivity contribution in [3.63, 3.8) is 0 Å². The molecule has 0 aromatic rings. The lowest BCUT2D eigenvalue weighted by Crippen LogP contribution is -2.47. The molecular formula is C17H30N2O2. The zero-order valence-corrected chi connectivity index (χ0v) is 13.7. The molecule has 1 aliphatic heterocycles. The largest absolute Gasteiger partial charge is 0.352 e. The van der Waals surface area contributed by atoms with Crippen LogP contribution in [0.1, 0.15) is 59.3 Å². The first-order valence-corrected chi connectivity index (χ1v) is 8.55. The summed E-state index contributed by atoms with van der Waals surface area (Å²) in [6, 6.07) is 0.507. The van der Waals surface area contributed by atoms with Crippen LogP contribution in [0, 0.1) is 11.8 Å². The second kappa shape index (κ2) is 7.39. The summed E-state index contributed by atoms with van der Waals surface area (Å²) in [5, 5.41) is 3.08.